The zero-order valence-corrected chi connectivity index (χ0v) is 12.9. The number of likely N-dealkylation sites (tertiary alicyclic amines) is 1. The molecular weight excluding hydrogens is 260 g/mol. The first-order chi connectivity index (χ1) is 9.21. The van der Waals surface area contributed by atoms with E-state index in [2.05, 4.69) is 0 Å². The Morgan fingerprint density at radius 1 is 1.40 bits per heavy atom. The summed E-state index contributed by atoms with van der Waals surface area (Å²) >= 11 is 0. The van der Waals surface area contributed by atoms with Crippen LogP contribution in [0, 0.1) is 5.92 Å². The van der Waals surface area contributed by atoms with Crippen molar-refractivity contribution in [3.63, 3.8) is 0 Å². The number of rotatable bonds is 5. The summed E-state index contributed by atoms with van der Waals surface area (Å²) in [6, 6.07) is 0. The molecule has 1 aliphatic heterocycles. The van der Waals surface area contributed by atoms with E-state index in [1.54, 1.807) is 4.90 Å². The van der Waals surface area contributed by atoms with E-state index in [1.807, 2.05) is 32.6 Å². The van der Waals surface area contributed by atoms with Gasteiger partial charge in [0.15, 0.2) is 0 Å². The first-order valence-corrected chi connectivity index (χ1v) is 7.13. The van der Waals surface area contributed by atoms with Crippen molar-refractivity contribution < 1.29 is 19.4 Å². The van der Waals surface area contributed by atoms with Gasteiger partial charge in [-0.3, -0.25) is 9.69 Å². The molecule has 6 heteroatoms. The monoisotopic (exact) mass is 286 g/mol. The Balaban J connectivity index is 2.45. The highest BCUT2D eigenvalue weighted by Gasteiger charge is 2.28. The van der Waals surface area contributed by atoms with Crippen LogP contribution in [0.3, 0.4) is 0 Å². The summed E-state index contributed by atoms with van der Waals surface area (Å²) in [6.07, 6.45) is 0.628. The van der Waals surface area contributed by atoms with Gasteiger partial charge in [0, 0.05) is 19.6 Å². The van der Waals surface area contributed by atoms with Crippen molar-refractivity contribution in [3.8, 4) is 0 Å². The Morgan fingerprint density at radius 2 is 2.05 bits per heavy atom. The van der Waals surface area contributed by atoms with Crippen molar-refractivity contribution in [1.82, 2.24) is 9.80 Å². The van der Waals surface area contributed by atoms with Crippen LogP contribution in [0.15, 0.2) is 0 Å². The highest BCUT2D eigenvalue weighted by Crippen LogP contribution is 2.18. The van der Waals surface area contributed by atoms with Crippen molar-refractivity contribution in [2.24, 2.45) is 5.92 Å². The molecule has 0 unspecified atom stereocenters. The predicted molar refractivity (Wildman–Crippen MR) is 75.7 cm³/mol. The van der Waals surface area contributed by atoms with E-state index in [-0.39, 0.29) is 12.6 Å². The molecule has 0 aromatic heterocycles. The van der Waals surface area contributed by atoms with Gasteiger partial charge in [-0.2, -0.15) is 0 Å². The highest BCUT2D eigenvalue weighted by molar-refractivity contribution is 5.69. The van der Waals surface area contributed by atoms with Crippen molar-refractivity contribution in [3.05, 3.63) is 0 Å². The molecule has 1 N–H and O–H groups in total. The number of carbonyl (C=O) groups excluding carboxylic acids is 1. The second kappa shape index (κ2) is 6.92. The molecule has 0 saturated carbocycles. The summed E-state index contributed by atoms with van der Waals surface area (Å²) in [5.41, 5.74) is -0.491. The molecule has 0 aromatic rings. The lowest BCUT2D eigenvalue weighted by molar-refractivity contribution is -0.138. The average molecular weight is 286 g/mol. The predicted octanol–water partition coefficient (Wildman–Crippen LogP) is 1.65. The Bertz CT molecular complexity index is 352. The van der Waals surface area contributed by atoms with Crippen LogP contribution < -0.4 is 0 Å². The van der Waals surface area contributed by atoms with Gasteiger partial charge in [-0.25, -0.2) is 4.79 Å². The maximum absolute atomic E-state index is 12.0. The van der Waals surface area contributed by atoms with E-state index < -0.39 is 11.6 Å². The number of amides is 1. The molecule has 1 atom stereocenters. The zero-order valence-electron chi connectivity index (χ0n) is 12.9. The number of hydrogen-bond donors (Lipinski definition) is 1. The molecule has 1 fully saturated rings. The van der Waals surface area contributed by atoms with Crippen molar-refractivity contribution in [2.75, 3.05) is 32.7 Å². The van der Waals surface area contributed by atoms with Gasteiger partial charge in [-0.05, 0) is 46.6 Å². The zero-order chi connectivity index (χ0) is 15.3. The Hall–Kier alpha value is -1.30. The SMILES string of the molecule is CCN(C[C@H]1CCN(CC(=O)O)C1)C(=O)OC(C)(C)C. The van der Waals surface area contributed by atoms with E-state index in [1.165, 1.54) is 0 Å². The van der Waals surface area contributed by atoms with Crippen LogP contribution >= 0.6 is 0 Å². The lowest BCUT2D eigenvalue weighted by Crippen LogP contribution is -2.40. The first-order valence-electron chi connectivity index (χ1n) is 7.13. The minimum atomic E-state index is -0.801. The Kier molecular flexibility index (Phi) is 5.80. The molecule has 20 heavy (non-hydrogen) atoms. The minimum Gasteiger partial charge on any atom is -0.480 e. The van der Waals surface area contributed by atoms with Crippen molar-refractivity contribution in [1.29, 1.82) is 0 Å². The summed E-state index contributed by atoms with van der Waals surface area (Å²) in [5.74, 6) is -0.480. The van der Waals surface area contributed by atoms with Crippen molar-refractivity contribution in [2.45, 2.75) is 39.7 Å². The molecule has 0 aliphatic carbocycles. The number of carboxylic acid groups (broad SMARTS) is 1. The maximum Gasteiger partial charge on any atom is 0.410 e. The number of carbonyl (C=O) groups is 2. The molecule has 1 amide bonds. The fourth-order valence-corrected chi connectivity index (χ4v) is 2.37. The van der Waals surface area contributed by atoms with E-state index in [0.717, 1.165) is 19.5 Å². The van der Waals surface area contributed by atoms with E-state index in [9.17, 15) is 9.59 Å². The van der Waals surface area contributed by atoms with Crippen LogP contribution in [0.1, 0.15) is 34.1 Å². The lowest BCUT2D eigenvalue weighted by atomic mass is 10.1. The third-order valence-corrected chi connectivity index (χ3v) is 3.24. The van der Waals surface area contributed by atoms with Gasteiger partial charge in [0.2, 0.25) is 0 Å². The third-order valence-electron chi connectivity index (χ3n) is 3.24. The summed E-state index contributed by atoms with van der Waals surface area (Å²) in [6.45, 7) is 10.3. The standard InChI is InChI=1S/C14H26N2O4/c1-5-16(13(19)20-14(2,3)4)9-11-6-7-15(8-11)10-12(17)18/h11H,5-10H2,1-4H3,(H,17,18)/t11-/m0/s1. The molecule has 1 aliphatic rings. The number of nitrogens with zero attached hydrogens (tertiary/aromatic N) is 2. The highest BCUT2D eigenvalue weighted by atomic mass is 16.6. The molecule has 0 aromatic carbocycles. The smallest absolute Gasteiger partial charge is 0.410 e. The molecule has 1 saturated heterocycles. The fraction of sp³-hybridized carbons (Fsp3) is 0.857. The second-order valence-electron chi connectivity index (χ2n) is 6.30. The lowest BCUT2D eigenvalue weighted by Gasteiger charge is -2.28. The van der Waals surface area contributed by atoms with Crippen LogP contribution in [0.5, 0.6) is 0 Å². The van der Waals surface area contributed by atoms with Gasteiger partial charge in [0.25, 0.3) is 0 Å². The third kappa shape index (κ3) is 5.77. The van der Waals surface area contributed by atoms with Gasteiger partial charge in [0.05, 0.1) is 6.54 Å². The molecule has 1 rings (SSSR count). The van der Waals surface area contributed by atoms with Gasteiger partial charge in [-0.15, -0.1) is 0 Å². The summed E-state index contributed by atoms with van der Waals surface area (Å²) < 4.78 is 5.37. The van der Waals surface area contributed by atoms with Crippen LogP contribution in [0.25, 0.3) is 0 Å². The average Bonchev–Trinajstić information content (AvgIpc) is 2.69. The topological polar surface area (TPSA) is 70.1 Å². The number of ether oxygens (including phenoxy) is 1. The summed E-state index contributed by atoms with van der Waals surface area (Å²) in [7, 11) is 0. The van der Waals surface area contributed by atoms with Gasteiger partial charge in [-0.1, -0.05) is 0 Å². The van der Waals surface area contributed by atoms with Gasteiger partial charge < -0.3 is 14.7 Å². The normalized spacial score (nSPS) is 19.9. The minimum absolute atomic E-state index is 0.0784. The molecule has 0 bridgehead atoms. The largest absolute Gasteiger partial charge is 0.480 e. The first kappa shape index (κ1) is 16.8. The quantitative estimate of drug-likeness (QED) is 0.832. The van der Waals surface area contributed by atoms with Crippen molar-refractivity contribution >= 4 is 12.1 Å². The molecule has 116 valence electrons. The van der Waals surface area contributed by atoms with E-state index in [0.29, 0.717) is 19.0 Å². The summed E-state index contributed by atoms with van der Waals surface area (Å²) in [5, 5.41) is 8.78. The second-order valence-corrected chi connectivity index (χ2v) is 6.30. The Morgan fingerprint density at radius 3 is 2.55 bits per heavy atom. The molecule has 0 spiro atoms. The number of aliphatic carboxylic acids is 1. The molecular formula is C14H26N2O4. The molecule has 0 radical (unpaired) electrons. The van der Waals surface area contributed by atoms with Crippen LogP contribution in [0.2, 0.25) is 0 Å². The number of carboxylic acids is 1. The van der Waals surface area contributed by atoms with E-state index in [4.69, 9.17) is 9.84 Å². The molecule has 6 nitrogen and oxygen atoms in total. The van der Waals surface area contributed by atoms with Gasteiger partial charge in [0.1, 0.15) is 5.60 Å². The van der Waals surface area contributed by atoms with E-state index >= 15 is 0 Å². The maximum atomic E-state index is 12.0. The fourth-order valence-electron chi connectivity index (χ4n) is 2.37. The van der Waals surface area contributed by atoms with Crippen LogP contribution in [0.4, 0.5) is 4.79 Å². The van der Waals surface area contributed by atoms with Crippen LogP contribution in [-0.2, 0) is 9.53 Å². The summed E-state index contributed by atoms with van der Waals surface area (Å²) in [4.78, 5) is 26.3. The molecule has 1 heterocycles. The Labute approximate surface area is 120 Å². The number of hydrogen-bond acceptors (Lipinski definition) is 4. The van der Waals surface area contributed by atoms with Crippen LogP contribution in [-0.4, -0.2) is 65.3 Å². The van der Waals surface area contributed by atoms with Gasteiger partial charge >= 0.3 is 12.1 Å².